The van der Waals surface area contributed by atoms with Crippen molar-refractivity contribution in [2.24, 2.45) is 0 Å². The fourth-order valence-electron chi connectivity index (χ4n) is 2.40. The van der Waals surface area contributed by atoms with Crippen LogP contribution in [0.15, 0.2) is 35.1 Å². The Morgan fingerprint density at radius 2 is 2.04 bits per heavy atom. The van der Waals surface area contributed by atoms with E-state index in [-0.39, 0.29) is 29.3 Å². The molecule has 2 N–H and O–H groups in total. The van der Waals surface area contributed by atoms with Crippen LogP contribution in [0.1, 0.15) is 31.6 Å². The molecule has 2 unspecified atom stereocenters. The summed E-state index contributed by atoms with van der Waals surface area (Å²) in [5, 5.41) is 9.24. The fourth-order valence-corrected chi connectivity index (χ4v) is 2.40. The molecule has 5 nitrogen and oxygen atoms in total. The van der Waals surface area contributed by atoms with Crippen LogP contribution in [-0.2, 0) is 4.74 Å². The van der Waals surface area contributed by atoms with Crippen molar-refractivity contribution < 1.29 is 23.4 Å². The second-order valence-electron chi connectivity index (χ2n) is 5.43. The lowest BCUT2D eigenvalue weighted by Gasteiger charge is -2.10. The molecule has 0 spiro atoms. The number of aromatic hydroxyl groups is 1. The lowest BCUT2D eigenvalue weighted by Crippen LogP contribution is -2.10. The molecule has 2 aromatic rings. The second-order valence-corrected chi connectivity index (χ2v) is 5.43. The molecule has 0 radical (unpaired) electrons. The zero-order valence-corrected chi connectivity index (χ0v) is 13.4. The van der Waals surface area contributed by atoms with Crippen LogP contribution >= 0.6 is 0 Å². The number of halogens is 2. The van der Waals surface area contributed by atoms with E-state index >= 15 is 0 Å². The molecule has 1 aliphatic rings. The first-order chi connectivity index (χ1) is 11.4. The lowest BCUT2D eigenvalue weighted by molar-refractivity contribution is 0.0528. The summed E-state index contributed by atoms with van der Waals surface area (Å²) in [7, 11) is 1.29. The van der Waals surface area contributed by atoms with Crippen molar-refractivity contribution >= 4 is 0 Å². The number of aromatic amines is 1. The third-order valence-corrected chi connectivity index (χ3v) is 3.56. The largest absolute Gasteiger partial charge is 0.508 e. The van der Waals surface area contributed by atoms with E-state index in [9.17, 15) is 18.7 Å². The highest BCUT2D eigenvalue weighted by molar-refractivity contribution is 5.24. The van der Waals surface area contributed by atoms with Crippen molar-refractivity contribution in [3.05, 3.63) is 58.0 Å². The number of hydrogen-bond acceptors (Lipinski definition) is 4. The van der Waals surface area contributed by atoms with Crippen LogP contribution in [0, 0.1) is 11.6 Å². The van der Waals surface area contributed by atoms with Gasteiger partial charge in [-0.3, -0.25) is 4.79 Å². The molecule has 2 atom stereocenters. The molecule has 24 heavy (non-hydrogen) atoms. The van der Waals surface area contributed by atoms with Gasteiger partial charge in [-0.2, -0.15) is 4.39 Å². The van der Waals surface area contributed by atoms with Crippen LogP contribution in [0.5, 0.6) is 11.5 Å². The Morgan fingerprint density at radius 1 is 1.29 bits per heavy atom. The van der Waals surface area contributed by atoms with Crippen molar-refractivity contribution in [1.29, 1.82) is 0 Å². The van der Waals surface area contributed by atoms with E-state index in [1.54, 1.807) is 6.07 Å². The second kappa shape index (κ2) is 7.92. The van der Waals surface area contributed by atoms with Gasteiger partial charge in [0.05, 0.1) is 25.0 Å². The standard InChI is InChI=1S/C10H13NO3.C7H6F2O/c1-6-2-3-9(14-6)8-4-7(12)5-10(13)11-8;1-10-6-4-2-3-5(8)7(6)9/h4-6,9H,2-3H2,1H3,(H2,11,12,13);2-4H,1H3. The Balaban J connectivity index is 0.000000185. The molecule has 1 aromatic heterocycles. The number of ether oxygens (including phenoxy) is 2. The third-order valence-electron chi connectivity index (χ3n) is 3.56. The average Bonchev–Trinajstić information content (AvgIpc) is 2.96. The number of H-pyrrole nitrogens is 1. The summed E-state index contributed by atoms with van der Waals surface area (Å²) in [4.78, 5) is 13.7. The van der Waals surface area contributed by atoms with Crippen molar-refractivity contribution in [3.8, 4) is 11.5 Å². The molecule has 0 aliphatic carbocycles. The van der Waals surface area contributed by atoms with Gasteiger partial charge in [-0.25, -0.2) is 4.39 Å². The number of methoxy groups -OCH3 is 1. The maximum Gasteiger partial charge on any atom is 0.251 e. The highest BCUT2D eigenvalue weighted by Crippen LogP contribution is 2.31. The van der Waals surface area contributed by atoms with Crippen molar-refractivity contribution in [2.75, 3.05) is 7.11 Å². The summed E-state index contributed by atoms with van der Waals surface area (Å²) >= 11 is 0. The van der Waals surface area contributed by atoms with Gasteiger partial charge in [-0.15, -0.1) is 0 Å². The monoisotopic (exact) mass is 339 g/mol. The minimum Gasteiger partial charge on any atom is -0.508 e. The highest BCUT2D eigenvalue weighted by atomic mass is 19.2. The normalized spacial score (nSPS) is 19.5. The van der Waals surface area contributed by atoms with Gasteiger partial charge < -0.3 is 19.6 Å². The smallest absolute Gasteiger partial charge is 0.251 e. The van der Waals surface area contributed by atoms with Crippen LogP contribution in [0.2, 0.25) is 0 Å². The Kier molecular flexibility index (Phi) is 5.92. The van der Waals surface area contributed by atoms with Crippen LogP contribution in [0.3, 0.4) is 0 Å². The summed E-state index contributed by atoms with van der Waals surface area (Å²) in [5.41, 5.74) is 0.377. The number of pyridine rings is 1. The highest BCUT2D eigenvalue weighted by Gasteiger charge is 2.24. The Labute approximate surface area is 137 Å². The van der Waals surface area contributed by atoms with Crippen LogP contribution in [0.25, 0.3) is 0 Å². The van der Waals surface area contributed by atoms with E-state index in [2.05, 4.69) is 9.72 Å². The third kappa shape index (κ3) is 4.55. The van der Waals surface area contributed by atoms with E-state index in [0.717, 1.165) is 25.0 Å². The summed E-state index contributed by atoms with van der Waals surface area (Å²) in [6.45, 7) is 2.00. The summed E-state index contributed by atoms with van der Waals surface area (Å²) in [6.07, 6.45) is 2.03. The van der Waals surface area contributed by atoms with Gasteiger partial charge in [0.25, 0.3) is 5.56 Å². The zero-order valence-electron chi connectivity index (χ0n) is 13.4. The number of nitrogens with one attached hydrogen (secondary N) is 1. The molecule has 3 rings (SSSR count). The van der Waals surface area contributed by atoms with Crippen molar-refractivity contribution in [1.82, 2.24) is 4.98 Å². The van der Waals surface area contributed by atoms with Crippen LogP contribution in [-0.4, -0.2) is 23.3 Å². The molecular formula is C17H19F2NO4. The Bertz CT molecular complexity index is 748. The first-order valence-corrected chi connectivity index (χ1v) is 7.47. The molecule has 0 bridgehead atoms. The average molecular weight is 339 g/mol. The van der Waals surface area contributed by atoms with Gasteiger partial charge in [0, 0.05) is 12.1 Å². The number of hydrogen-bond donors (Lipinski definition) is 2. The molecule has 2 heterocycles. The predicted molar refractivity (Wildman–Crippen MR) is 84.2 cm³/mol. The van der Waals surface area contributed by atoms with E-state index in [4.69, 9.17) is 4.74 Å². The van der Waals surface area contributed by atoms with Crippen molar-refractivity contribution in [3.63, 3.8) is 0 Å². The van der Waals surface area contributed by atoms with E-state index in [1.165, 1.54) is 19.2 Å². The molecule has 1 fully saturated rings. The first-order valence-electron chi connectivity index (χ1n) is 7.47. The quantitative estimate of drug-likeness (QED) is 0.881. The molecular weight excluding hydrogens is 320 g/mol. The predicted octanol–water partition coefficient (Wildman–Crippen LogP) is 3.29. The van der Waals surface area contributed by atoms with Gasteiger partial charge in [0.2, 0.25) is 5.82 Å². The summed E-state index contributed by atoms with van der Waals surface area (Å²) < 4.78 is 34.9. The van der Waals surface area contributed by atoms with Gasteiger partial charge in [0.1, 0.15) is 5.75 Å². The van der Waals surface area contributed by atoms with E-state index in [1.807, 2.05) is 6.92 Å². The minimum atomic E-state index is -0.940. The summed E-state index contributed by atoms with van der Waals surface area (Å²) in [5.74, 6) is -1.91. The van der Waals surface area contributed by atoms with Gasteiger partial charge >= 0.3 is 0 Å². The van der Waals surface area contributed by atoms with Gasteiger partial charge in [-0.1, -0.05) is 6.07 Å². The Morgan fingerprint density at radius 3 is 2.58 bits per heavy atom. The number of rotatable bonds is 2. The molecule has 0 saturated carbocycles. The molecule has 1 aliphatic heterocycles. The summed E-state index contributed by atoms with van der Waals surface area (Å²) in [6, 6.07) is 6.49. The topological polar surface area (TPSA) is 71.5 Å². The van der Waals surface area contributed by atoms with Crippen molar-refractivity contribution in [2.45, 2.75) is 32.0 Å². The zero-order chi connectivity index (χ0) is 17.7. The maximum absolute atomic E-state index is 12.5. The Hall–Kier alpha value is -2.41. The minimum absolute atomic E-state index is 0.00750. The maximum atomic E-state index is 12.5. The number of benzene rings is 1. The number of aromatic nitrogens is 1. The van der Waals surface area contributed by atoms with Gasteiger partial charge in [-0.05, 0) is 31.9 Å². The first kappa shape index (κ1) is 17.9. The fraction of sp³-hybridized carbons (Fsp3) is 0.353. The van der Waals surface area contributed by atoms with Gasteiger partial charge in [0.15, 0.2) is 11.6 Å². The molecule has 1 saturated heterocycles. The van der Waals surface area contributed by atoms with Crippen LogP contribution in [0.4, 0.5) is 8.78 Å². The SMILES string of the molecule is CC1CCC(c2cc(O)cc(=O)[nH]2)O1.COc1cccc(F)c1F. The molecule has 1 aromatic carbocycles. The molecule has 7 heteroatoms. The van der Waals surface area contributed by atoms with E-state index in [0.29, 0.717) is 5.69 Å². The molecule has 130 valence electrons. The van der Waals surface area contributed by atoms with Crippen LogP contribution < -0.4 is 10.3 Å². The van der Waals surface area contributed by atoms with E-state index < -0.39 is 11.6 Å². The lowest BCUT2D eigenvalue weighted by atomic mass is 10.1. The molecule has 0 amide bonds.